The van der Waals surface area contributed by atoms with E-state index in [2.05, 4.69) is 32.9 Å². The second kappa shape index (κ2) is 4.59. The SMILES string of the molecule is CN(c1nc(Br)cs1)C1CCOCC1. The Morgan fingerprint density at radius 1 is 1.57 bits per heavy atom. The van der Waals surface area contributed by atoms with Crippen LogP contribution in [-0.2, 0) is 4.74 Å². The van der Waals surface area contributed by atoms with Crippen molar-refractivity contribution in [3.8, 4) is 0 Å². The second-order valence-corrected chi connectivity index (χ2v) is 5.06. The maximum Gasteiger partial charge on any atom is 0.186 e. The molecule has 1 fully saturated rings. The smallest absolute Gasteiger partial charge is 0.186 e. The zero-order valence-electron chi connectivity index (χ0n) is 8.07. The Hall–Kier alpha value is -0.130. The molecule has 0 radical (unpaired) electrons. The van der Waals surface area contributed by atoms with Crippen molar-refractivity contribution >= 4 is 32.4 Å². The van der Waals surface area contributed by atoms with E-state index in [0.717, 1.165) is 35.8 Å². The van der Waals surface area contributed by atoms with Gasteiger partial charge in [-0.15, -0.1) is 11.3 Å². The fourth-order valence-electron chi connectivity index (χ4n) is 1.64. The van der Waals surface area contributed by atoms with Gasteiger partial charge >= 0.3 is 0 Å². The Morgan fingerprint density at radius 2 is 2.29 bits per heavy atom. The van der Waals surface area contributed by atoms with Gasteiger partial charge in [0, 0.05) is 31.7 Å². The number of hydrogen-bond donors (Lipinski definition) is 0. The summed E-state index contributed by atoms with van der Waals surface area (Å²) in [6.07, 6.45) is 2.21. The first-order valence-electron chi connectivity index (χ1n) is 4.69. The monoisotopic (exact) mass is 276 g/mol. The molecule has 78 valence electrons. The zero-order valence-corrected chi connectivity index (χ0v) is 10.5. The molecule has 0 N–H and O–H groups in total. The van der Waals surface area contributed by atoms with Crippen LogP contribution in [0, 0.1) is 0 Å². The van der Waals surface area contributed by atoms with Gasteiger partial charge in [-0.25, -0.2) is 4.98 Å². The highest BCUT2D eigenvalue weighted by Crippen LogP contribution is 2.26. The summed E-state index contributed by atoms with van der Waals surface area (Å²) in [5.74, 6) is 0. The highest BCUT2D eigenvalue weighted by atomic mass is 79.9. The molecular weight excluding hydrogens is 264 g/mol. The molecule has 14 heavy (non-hydrogen) atoms. The summed E-state index contributed by atoms with van der Waals surface area (Å²) in [5, 5.41) is 3.11. The van der Waals surface area contributed by atoms with E-state index < -0.39 is 0 Å². The van der Waals surface area contributed by atoms with Crippen LogP contribution in [0.2, 0.25) is 0 Å². The van der Waals surface area contributed by atoms with Crippen molar-refractivity contribution < 1.29 is 4.74 Å². The van der Waals surface area contributed by atoms with Gasteiger partial charge in [-0.05, 0) is 28.8 Å². The van der Waals surface area contributed by atoms with Crippen molar-refractivity contribution in [2.24, 2.45) is 0 Å². The summed E-state index contributed by atoms with van der Waals surface area (Å²) in [6, 6.07) is 0.585. The van der Waals surface area contributed by atoms with E-state index in [0.29, 0.717) is 6.04 Å². The Morgan fingerprint density at radius 3 is 2.86 bits per heavy atom. The molecule has 3 nitrogen and oxygen atoms in total. The van der Waals surface area contributed by atoms with Crippen LogP contribution in [0.3, 0.4) is 0 Å². The third-order valence-corrected chi connectivity index (χ3v) is 4.14. The van der Waals surface area contributed by atoms with Gasteiger partial charge in [0.05, 0.1) is 0 Å². The van der Waals surface area contributed by atoms with Gasteiger partial charge in [0.15, 0.2) is 5.13 Å². The Labute approximate surface area is 96.2 Å². The molecule has 0 saturated carbocycles. The highest BCUT2D eigenvalue weighted by molar-refractivity contribution is 9.10. The molecule has 1 aliphatic rings. The van der Waals surface area contributed by atoms with E-state index in [9.17, 15) is 0 Å². The van der Waals surface area contributed by atoms with Gasteiger partial charge in [0.2, 0.25) is 0 Å². The molecule has 1 aromatic rings. The highest BCUT2D eigenvalue weighted by Gasteiger charge is 2.20. The van der Waals surface area contributed by atoms with Crippen molar-refractivity contribution in [2.45, 2.75) is 18.9 Å². The summed E-state index contributed by atoms with van der Waals surface area (Å²) >= 11 is 5.05. The van der Waals surface area contributed by atoms with Crippen LogP contribution in [0.4, 0.5) is 5.13 Å². The fourth-order valence-corrected chi connectivity index (χ4v) is 2.92. The molecule has 0 spiro atoms. The van der Waals surface area contributed by atoms with Crippen molar-refractivity contribution in [1.29, 1.82) is 0 Å². The molecule has 0 unspecified atom stereocenters. The van der Waals surface area contributed by atoms with Gasteiger partial charge in [0.25, 0.3) is 0 Å². The van der Waals surface area contributed by atoms with Crippen LogP contribution in [0.1, 0.15) is 12.8 Å². The van der Waals surface area contributed by atoms with Gasteiger partial charge in [-0.3, -0.25) is 0 Å². The molecule has 1 saturated heterocycles. The van der Waals surface area contributed by atoms with Crippen LogP contribution in [-0.4, -0.2) is 31.3 Å². The lowest BCUT2D eigenvalue weighted by atomic mass is 10.1. The standard InChI is InChI=1S/C9H13BrN2OS/c1-12(7-2-4-13-5-3-7)9-11-8(10)6-14-9/h6-7H,2-5H2,1H3. The minimum absolute atomic E-state index is 0.585. The van der Waals surface area contributed by atoms with Crippen LogP contribution in [0.25, 0.3) is 0 Å². The van der Waals surface area contributed by atoms with E-state index in [-0.39, 0.29) is 0 Å². The quantitative estimate of drug-likeness (QED) is 0.830. The average molecular weight is 277 g/mol. The lowest BCUT2D eigenvalue weighted by molar-refractivity contribution is 0.0855. The summed E-state index contributed by atoms with van der Waals surface area (Å²) in [4.78, 5) is 6.67. The van der Waals surface area contributed by atoms with E-state index in [1.54, 1.807) is 11.3 Å². The average Bonchev–Trinajstić information content (AvgIpc) is 2.65. The lowest BCUT2D eigenvalue weighted by Crippen LogP contribution is -2.36. The first kappa shape index (κ1) is 10.4. The zero-order chi connectivity index (χ0) is 9.97. The predicted molar refractivity (Wildman–Crippen MR) is 62.1 cm³/mol. The molecule has 0 amide bonds. The third kappa shape index (κ3) is 2.27. The Balaban J connectivity index is 2.03. The van der Waals surface area contributed by atoms with E-state index in [1.807, 2.05) is 5.38 Å². The maximum atomic E-state index is 5.34. The molecule has 1 aliphatic heterocycles. The fraction of sp³-hybridized carbons (Fsp3) is 0.667. The predicted octanol–water partition coefficient (Wildman–Crippen LogP) is 2.52. The number of ether oxygens (including phenoxy) is 1. The number of nitrogens with zero attached hydrogens (tertiary/aromatic N) is 2. The lowest BCUT2D eigenvalue weighted by Gasteiger charge is -2.30. The first-order valence-corrected chi connectivity index (χ1v) is 6.36. The number of hydrogen-bond acceptors (Lipinski definition) is 4. The summed E-state index contributed by atoms with van der Waals surface area (Å²) in [5.41, 5.74) is 0. The normalized spacial score (nSPS) is 18.4. The summed E-state index contributed by atoms with van der Waals surface area (Å²) in [6.45, 7) is 1.75. The molecule has 0 aliphatic carbocycles. The molecule has 2 rings (SSSR count). The topological polar surface area (TPSA) is 25.4 Å². The number of aromatic nitrogens is 1. The molecule has 2 heterocycles. The number of halogens is 1. The van der Waals surface area contributed by atoms with Gasteiger partial charge in [0.1, 0.15) is 4.60 Å². The van der Waals surface area contributed by atoms with Crippen molar-refractivity contribution in [3.63, 3.8) is 0 Å². The third-order valence-electron chi connectivity index (χ3n) is 2.50. The Kier molecular flexibility index (Phi) is 3.41. The van der Waals surface area contributed by atoms with Crippen molar-refractivity contribution in [2.75, 3.05) is 25.2 Å². The number of rotatable bonds is 2. The molecule has 0 aromatic carbocycles. The maximum absolute atomic E-state index is 5.34. The molecule has 1 aromatic heterocycles. The molecule has 0 bridgehead atoms. The number of anilines is 1. The van der Waals surface area contributed by atoms with Crippen molar-refractivity contribution in [1.82, 2.24) is 4.98 Å². The molecule has 0 atom stereocenters. The second-order valence-electron chi connectivity index (χ2n) is 3.41. The molecular formula is C9H13BrN2OS. The minimum atomic E-state index is 0.585. The van der Waals surface area contributed by atoms with Gasteiger partial charge in [-0.1, -0.05) is 0 Å². The van der Waals surface area contributed by atoms with Crippen LogP contribution < -0.4 is 4.90 Å². The first-order chi connectivity index (χ1) is 6.77. The van der Waals surface area contributed by atoms with Gasteiger partial charge in [-0.2, -0.15) is 0 Å². The summed E-state index contributed by atoms with van der Waals surface area (Å²) in [7, 11) is 2.11. The van der Waals surface area contributed by atoms with Crippen LogP contribution in [0.15, 0.2) is 9.98 Å². The number of thiazole rings is 1. The summed E-state index contributed by atoms with van der Waals surface area (Å²) < 4.78 is 6.27. The molecule has 5 heteroatoms. The Bertz CT molecular complexity index is 299. The van der Waals surface area contributed by atoms with Crippen LogP contribution >= 0.6 is 27.3 Å². The van der Waals surface area contributed by atoms with Gasteiger partial charge < -0.3 is 9.64 Å². The van der Waals surface area contributed by atoms with E-state index >= 15 is 0 Å². The largest absolute Gasteiger partial charge is 0.381 e. The van der Waals surface area contributed by atoms with Crippen molar-refractivity contribution in [3.05, 3.63) is 9.98 Å². The van der Waals surface area contributed by atoms with E-state index in [4.69, 9.17) is 4.74 Å². The van der Waals surface area contributed by atoms with E-state index in [1.165, 1.54) is 0 Å². The minimum Gasteiger partial charge on any atom is -0.381 e. The van der Waals surface area contributed by atoms with Crippen LogP contribution in [0.5, 0.6) is 0 Å².